The van der Waals surface area contributed by atoms with Gasteiger partial charge in [0.1, 0.15) is 0 Å². The molecule has 1 aromatic carbocycles. The first-order valence-electron chi connectivity index (χ1n) is 6.37. The number of ether oxygens (including phenoxy) is 4. The van der Waals surface area contributed by atoms with Gasteiger partial charge >= 0.3 is 0 Å². The number of halogens is 1. The van der Waals surface area contributed by atoms with Gasteiger partial charge in [0.15, 0.2) is 23.0 Å². The van der Waals surface area contributed by atoms with Gasteiger partial charge < -0.3 is 18.9 Å². The normalized spacial score (nSPS) is 20.3. The number of fused-ring (bicyclic) bond motifs is 2. The Bertz CT molecular complexity index is 491. The van der Waals surface area contributed by atoms with E-state index in [0.717, 1.165) is 33.5 Å². The third-order valence-electron chi connectivity index (χ3n) is 3.10. The number of thioether (sulfide) groups is 1. The van der Waals surface area contributed by atoms with Crippen molar-refractivity contribution in [3.63, 3.8) is 0 Å². The summed E-state index contributed by atoms with van der Waals surface area (Å²) in [5.41, 5.74) is 0.934. The van der Waals surface area contributed by atoms with Crippen LogP contribution < -0.4 is 18.9 Å². The van der Waals surface area contributed by atoms with E-state index >= 15 is 0 Å². The van der Waals surface area contributed by atoms with Gasteiger partial charge in [-0.15, -0.1) is 11.8 Å². The van der Waals surface area contributed by atoms with E-state index in [2.05, 4.69) is 15.9 Å². The maximum absolute atomic E-state index is 5.95. The van der Waals surface area contributed by atoms with Crippen molar-refractivity contribution in [2.75, 3.05) is 6.26 Å². The molecule has 2 aliphatic heterocycles. The van der Waals surface area contributed by atoms with Crippen LogP contribution >= 0.6 is 27.7 Å². The molecule has 0 amide bonds. The monoisotopic (exact) mass is 360 g/mol. The highest BCUT2D eigenvalue weighted by Gasteiger charge is 2.44. The molecule has 0 N–H and O–H groups in total. The maximum Gasteiger partial charge on any atom is 0.246 e. The third kappa shape index (κ3) is 2.04. The van der Waals surface area contributed by atoms with Gasteiger partial charge in [0.25, 0.3) is 0 Å². The molecule has 0 radical (unpaired) electrons. The lowest BCUT2D eigenvalue weighted by Crippen LogP contribution is -2.31. The van der Waals surface area contributed by atoms with E-state index in [0.29, 0.717) is 5.33 Å². The van der Waals surface area contributed by atoms with Gasteiger partial charge in [0, 0.05) is 33.0 Å². The van der Waals surface area contributed by atoms with Crippen molar-refractivity contribution in [1.29, 1.82) is 0 Å². The molecule has 3 rings (SSSR count). The maximum atomic E-state index is 5.95. The lowest BCUT2D eigenvalue weighted by Gasteiger charge is -2.18. The highest BCUT2D eigenvalue weighted by atomic mass is 79.9. The van der Waals surface area contributed by atoms with E-state index in [9.17, 15) is 0 Å². The Morgan fingerprint density at radius 2 is 1.25 bits per heavy atom. The number of hydrogen-bond acceptors (Lipinski definition) is 5. The van der Waals surface area contributed by atoms with Crippen molar-refractivity contribution in [1.82, 2.24) is 0 Å². The fourth-order valence-corrected chi connectivity index (χ4v) is 3.57. The quantitative estimate of drug-likeness (QED) is 0.579. The second kappa shape index (κ2) is 4.37. The summed E-state index contributed by atoms with van der Waals surface area (Å²) in [5, 5.41) is 0.616. The first kappa shape index (κ1) is 14.2. The zero-order chi connectivity index (χ0) is 14.7. The summed E-state index contributed by atoms with van der Waals surface area (Å²) < 4.78 is 23.8. The van der Waals surface area contributed by atoms with Crippen LogP contribution in [0.4, 0.5) is 0 Å². The Morgan fingerprint density at radius 1 is 0.850 bits per heavy atom. The van der Waals surface area contributed by atoms with Crippen molar-refractivity contribution in [2.45, 2.75) is 49.5 Å². The van der Waals surface area contributed by atoms with Gasteiger partial charge in [-0.1, -0.05) is 15.9 Å². The summed E-state index contributed by atoms with van der Waals surface area (Å²) in [6.45, 7) is 7.58. The molecule has 2 heterocycles. The van der Waals surface area contributed by atoms with E-state index in [1.807, 2.05) is 34.0 Å². The molecule has 20 heavy (non-hydrogen) atoms. The van der Waals surface area contributed by atoms with Crippen LogP contribution in [0.3, 0.4) is 0 Å². The standard InChI is InChI=1S/C14H17BrO4S/c1-13(2)16-8-7(6-15)9-11(19-14(3,4)17-9)12(20-5)10(8)18-13/h6H2,1-5H3. The number of hydrogen-bond donors (Lipinski definition) is 0. The molecule has 2 aliphatic rings. The van der Waals surface area contributed by atoms with Gasteiger partial charge in [0.05, 0.1) is 10.5 Å². The molecule has 6 heteroatoms. The first-order valence-corrected chi connectivity index (χ1v) is 8.71. The largest absolute Gasteiger partial charge is 0.449 e. The molecular formula is C14H17BrO4S. The summed E-state index contributed by atoms with van der Waals surface area (Å²) in [6, 6.07) is 0. The topological polar surface area (TPSA) is 36.9 Å². The van der Waals surface area contributed by atoms with Crippen LogP contribution in [0.5, 0.6) is 23.0 Å². The summed E-state index contributed by atoms with van der Waals surface area (Å²) in [4.78, 5) is 0.927. The second-order valence-corrected chi connectivity index (χ2v) is 7.05. The Kier molecular flexibility index (Phi) is 3.10. The van der Waals surface area contributed by atoms with E-state index < -0.39 is 11.6 Å². The van der Waals surface area contributed by atoms with Crippen LogP contribution in [0.25, 0.3) is 0 Å². The Labute approximate surface area is 131 Å². The third-order valence-corrected chi connectivity index (χ3v) is 4.44. The number of alkyl halides is 1. The Morgan fingerprint density at radius 3 is 1.60 bits per heavy atom. The highest BCUT2D eigenvalue weighted by molar-refractivity contribution is 9.08. The molecule has 0 fully saturated rings. The van der Waals surface area contributed by atoms with Gasteiger partial charge in [0.2, 0.25) is 11.6 Å². The molecule has 0 unspecified atom stereocenters. The van der Waals surface area contributed by atoms with E-state index in [4.69, 9.17) is 18.9 Å². The fourth-order valence-electron chi connectivity index (χ4n) is 2.42. The second-order valence-electron chi connectivity index (χ2n) is 5.67. The smallest absolute Gasteiger partial charge is 0.246 e. The van der Waals surface area contributed by atoms with Crippen molar-refractivity contribution in [3.05, 3.63) is 5.56 Å². The van der Waals surface area contributed by atoms with Crippen LogP contribution in [0.1, 0.15) is 33.3 Å². The molecule has 0 aromatic heterocycles. The predicted molar refractivity (Wildman–Crippen MR) is 81.5 cm³/mol. The van der Waals surface area contributed by atoms with Crippen molar-refractivity contribution in [3.8, 4) is 23.0 Å². The molecule has 0 bridgehead atoms. The fraction of sp³-hybridized carbons (Fsp3) is 0.571. The van der Waals surface area contributed by atoms with Crippen LogP contribution in [0.2, 0.25) is 0 Å². The molecule has 0 atom stereocenters. The van der Waals surface area contributed by atoms with Gasteiger partial charge in [-0.25, -0.2) is 0 Å². The van der Waals surface area contributed by atoms with Crippen LogP contribution in [0.15, 0.2) is 4.90 Å². The van der Waals surface area contributed by atoms with Crippen LogP contribution in [0, 0.1) is 0 Å². The Hall–Kier alpha value is -0.750. The van der Waals surface area contributed by atoms with Crippen LogP contribution in [-0.2, 0) is 5.33 Å². The molecule has 0 aliphatic carbocycles. The van der Waals surface area contributed by atoms with E-state index in [1.54, 1.807) is 11.8 Å². The molecule has 0 saturated carbocycles. The van der Waals surface area contributed by atoms with Gasteiger partial charge in [-0.2, -0.15) is 0 Å². The summed E-state index contributed by atoms with van der Waals surface area (Å²) in [5.74, 6) is 1.64. The molecule has 1 aromatic rings. The molecule has 0 saturated heterocycles. The minimum Gasteiger partial charge on any atom is -0.449 e. The first-order chi connectivity index (χ1) is 9.28. The van der Waals surface area contributed by atoms with E-state index in [-0.39, 0.29) is 0 Å². The summed E-state index contributed by atoms with van der Waals surface area (Å²) in [7, 11) is 0. The Balaban J connectivity index is 2.25. The lowest BCUT2D eigenvalue weighted by atomic mass is 10.1. The SMILES string of the molecule is CSc1c2c(c(CBr)c3c1OC(C)(C)O3)OC(C)(C)O2. The van der Waals surface area contributed by atoms with Crippen molar-refractivity contribution < 1.29 is 18.9 Å². The molecule has 0 spiro atoms. The highest BCUT2D eigenvalue weighted by Crippen LogP contribution is 2.60. The number of benzene rings is 1. The minimum atomic E-state index is -0.672. The average molecular weight is 361 g/mol. The lowest BCUT2D eigenvalue weighted by molar-refractivity contribution is -0.0506. The zero-order valence-corrected chi connectivity index (χ0v) is 14.5. The average Bonchev–Trinajstić information content (AvgIpc) is 2.80. The summed E-state index contributed by atoms with van der Waals surface area (Å²) in [6.07, 6.45) is 1.99. The summed E-state index contributed by atoms with van der Waals surface area (Å²) >= 11 is 5.08. The minimum absolute atomic E-state index is 0.616. The van der Waals surface area contributed by atoms with Gasteiger partial charge in [-0.05, 0) is 6.26 Å². The molecule has 110 valence electrons. The van der Waals surface area contributed by atoms with Crippen LogP contribution in [-0.4, -0.2) is 17.8 Å². The predicted octanol–water partition coefficient (Wildman–Crippen LogP) is 4.32. The van der Waals surface area contributed by atoms with Crippen molar-refractivity contribution in [2.24, 2.45) is 0 Å². The zero-order valence-electron chi connectivity index (χ0n) is 12.1. The number of rotatable bonds is 2. The van der Waals surface area contributed by atoms with Crippen molar-refractivity contribution >= 4 is 27.7 Å². The molecule has 4 nitrogen and oxygen atoms in total. The molecular weight excluding hydrogens is 344 g/mol. The van der Waals surface area contributed by atoms with Gasteiger partial charge in [-0.3, -0.25) is 0 Å². The van der Waals surface area contributed by atoms with E-state index in [1.165, 1.54) is 0 Å².